The van der Waals surface area contributed by atoms with Gasteiger partial charge in [-0.05, 0) is 73.0 Å². The Kier molecular flexibility index (Phi) is 7.60. The first-order valence-corrected chi connectivity index (χ1v) is 15.0. The second kappa shape index (κ2) is 11.5. The maximum Gasteiger partial charge on any atom is 0.301 e. The van der Waals surface area contributed by atoms with Crippen molar-refractivity contribution in [3.63, 3.8) is 0 Å². The van der Waals surface area contributed by atoms with Crippen LogP contribution in [0.5, 0.6) is 17.2 Å². The van der Waals surface area contributed by atoms with Gasteiger partial charge in [0.15, 0.2) is 5.13 Å². The number of unbranched alkanes of at least 4 members (excludes halogenated alkanes) is 2. The lowest BCUT2D eigenvalue weighted by atomic mass is 9.94. The van der Waals surface area contributed by atoms with Crippen molar-refractivity contribution in [3.8, 4) is 17.2 Å². The van der Waals surface area contributed by atoms with E-state index in [0.29, 0.717) is 46.3 Å². The average Bonchev–Trinajstić information content (AvgIpc) is 3.66. The van der Waals surface area contributed by atoms with E-state index < -0.39 is 17.7 Å². The number of aliphatic hydroxyl groups excluding tert-OH is 1. The van der Waals surface area contributed by atoms with Gasteiger partial charge in [0.05, 0.1) is 35.5 Å². The number of hydrogen-bond acceptors (Lipinski definition) is 8. The molecule has 0 spiro atoms. The number of aliphatic hydroxyl groups is 1. The van der Waals surface area contributed by atoms with Crippen LogP contribution in [0.2, 0.25) is 0 Å². The molecule has 1 aromatic heterocycles. The first-order chi connectivity index (χ1) is 20.4. The predicted molar refractivity (Wildman–Crippen MR) is 163 cm³/mol. The summed E-state index contributed by atoms with van der Waals surface area (Å²) < 4.78 is 17.9. The van der Waals surface area contributed by atoms with E-state index in [-0.39, 0.29) is 17.4 Å². The van der Waals surface area contributed by atoms with E-state index in [1.165, 1.54) is 16.2 Å². The summed E-state index contributed by atoms with van der Waals surface area (Å²) in [4.78, 5) is 33.4. The summed E-state index contributed by atoms with van der Waals surface area (Å²) in [6.45, 7) is 4.74. The number of carbonyl (C=O) groups is 2. The van der Waals surface area contributed by atoms with Crippen molar-refractivity contribution < 1.29 is 28.9 Å². The summed E-state index contributed by atoms with van der Waals surface area (Å²) >= 11 is 1.29. The maximum absolute atomic E-state index is 13.7. The van der Waals surface area contributed by atoms with Crippen molar-refractivity contribution in [2.24, 2.45) is 0 Å². The van der Waals surface area contributed by atoms with Gasteiger partial charge in [0.25, 0.3) is 5.78 Å². The minimum atomic E-state index is -0.884. The number of hydrogen-bond donors (Lipinski definition) is 1. The van der Waals surface area contributed by atoms with Gasteiger partial charge in [-0.25, -0.2) is 4.98 Å². The van der Waals surface area contributed by atoms with Gasteiger partial charge in [-0.2, -0.15) is 0 Å². The second-order valence-electron chi connectivity index (χ2n) is 10.6. The van der Waals surface area contributed by atoms with E-state index in [1.807, 2.05) is 49.4 Å². The van der Waals surface area contributed by atoms with Crippen LogP contribution in [0.15, 0.2) is 66.2 Å². The molecule has 4 aromatic rings. The summed E-state index contributed by atoms with van der Waals surface area (Å²) in [5, 5.41) is 12.0. The lowest BCUT2D eigenvalue weighted by molar-refractivity contribution is -0.132. The number of methoxy groups -OCH3 is 1. The van der Waals surface area contributed by atoms with E-state index in [1.54, 1.807) is 25.3 Å². The molecular weight excluding hydrogens is 552 g/mol. The smallest absolute Gasteiger partial charge is 0.301 e. The van der Waals surface area contributed by atoms with Crippen LogP contribution in [0.25, 0.3) is 16.0 Å². The monoisotopic (exact) mass is 584 g/mol. The van der Waals surface area contributed by atoms with Gasteiger partial charge in [0, 0.05) is 12.0 Å². The van der Waals surface area contributed by atoms with Crippen LogP contribution in [0.4, 0.5) is 5.13 Å². The molecule has 1 fully saturated rings. The Labute approximate surface area is 248 Å². The molecular formula is C33H32N2O6S. The molecule has 216 valence electrons. The van der Waals surface area contributed by atoms with Crippen LogP contribution in [0.1, 0.15) is 55.8 Å². The minimum Gasteiger partial charge on any atom is -0.507 e. The zero-order chi connectivity index (χ0) is 29.4. The molecule has 6 rings (SSSR count). The summed E-state index contributed by atoms with van der Waals surface area (Å²) in [5.41, 5.74) is 2.76. The molecule has 0 bridgehead atoms. The number of aromatic nitrogens is 1. The lowest BCUT2D eigenvalue weighted by Crippen LogP contribution is -2.29. The number of carbonyl (C=O) groups excluding carboxylic acids is 2. The molecule has 2 aliphatic rings. The molecule has 3 aromatic carbocycles. The number of nitrogens with zero attached hydrogens (tertiary/aromatic N) is 2. The lowest BCUT2D eigenvalue weighted by Gasteiger charge is -2.23. The van der Waals surface area contributed by atoms with Crippen LogP contribution in [0.3, 0.4) is 0 Å². The number of ketones is 1. The highest BCUT2D eigenvalue weighted by Crippen LogP contribution is 2.45. The van der Waals surface area contributed by atoms with E-state index in [0.717, 1.165) is 35.3 Å². The summed E-state index contributed by atoms with van der Waals surface area (Å²) in [5.74, 6) is 0.388. The molecule has 0 aliphatic carbocycles. The van der Waals surface area contributed by atoms with E-state index in [2.05, 4.69) is 6.92 Å². The van der Waals surface area contributed by atoms with Gasteiger partial charge in [0.2, 0.25) is 0 Å². The summed E-state index contributed by atoms with van der Waals surface area (Å²) in [7, 11) is 1.59. The third kappa shape index (κ3) is 5.09. The SMILES string of the molecule is CCCCCOc1ccc(C2C(=C(O)c3ccc4c(c3)CC(C)O4)C(=O)C(=O)N2c2nc3ccc(OC)cc3s2)cc1. The number of rotatable bonds is 9. The van der Waals surface area contributed by atoms with Crippen LogP contribution in [-0.2, 0) is 16.0 Å². The quantitative estimate of drug-likeness (QED) is 0.0997. The third-order valence-electron chi connectivity index (χ3n) is 7.62. The van der Waals surface area contributed by atoms with Crippen LogP contribution in [-0.4, -0.2) is 41.6 Å². The number of Topliss-reactive ketones (excluding diaryl/α,β-unsaturated/α-hetero) is 1. The third-order valence-corrected chi connectivity index (χ3v) is 8.63. The second-order valence-corrected chi connectivity index (χ2v) is 11.6. The molecule has 2 aliphatic heterocycles. The van der Waals surface area contributed by atoms with Crippen LogP contribution < -0.4 is 19.1 Å². The van der Waals surface area contributed by atoms with E-state index in [9.17, 15) is 14.7 Å². The normalized spacial score (nSPS) is 19.3. The van der Waals surface area contributed by atoms with E-state index in [4.69, 9.17) is 19.2 Å². The Morgan fingerprint density at radius 1 is 1.07 bits per heavy atom. The van der Waals surface area contributed by atoms with Crippen LogP contribution >= 0.6 is 11.3 Å². The Morgan fingerprint density at radius 3 is 2.62 bits per heavy atom. The highest BCUT2D eigenvalue weighted by molar-refractivity contribution is 7.22. The summed E-state index contributed by atoms with van der Waals surface area (Å²) in [6, 6.07) is 17.3. The minimum absolute atomic E-state index is 0.0142. The number of thiazole rings is 1. The Morgan fingerprint density at radius 2 is 1.86 bits per heavy atom. The first kappa shape index (κ1) is 27.8. The van der Waals surface area contributed by atoms with Gasteiger partial charge < -0.3 is 19.3 Å². The van der Waals surface area contributed by atoms with Crippen molar-refractivity contribution in [1.29, 1.82) is 0 Å². The van der Waals surface area contributed by atoms with Crippen LogP contribution in [0, 0.1) is 0 Å². The largest absolute Gasteiger partial charge is 0.507 e. The standard InChI is InChI=1S/C33H32N2O6S/c1-4-5-6-15-40-23-10-7-20(8-11-23)29-28(30(36)21-9-14-26-22(17-21)16-19(2)41-26)31(37)32(38)35(29)33-34-25-13-12-24(39-3)18-27(25)42-33/h7-14,17-19,29,36H,4-6,15-16H2,1-3H3. The fourth-order valence-electron chi connectivity index (χ4n) is 5.48. The predicted octanol–water partition coefficient (Wildman–Crippen LogP) is 6.82. The van der Waals surface area contributed by atoms with Gasteiger partial charge in [-0.3, -0.25) is 14.5 Å². The molecule has 1 N–H and O–H groups in total. The number of amides is 1. The fraction of sp³-hybridized carbons (Fsp3) is 0.303. The van der Waals surface area contributed by atoms with Crippen molar-refractivity contribution in [2.45, 2.75) is 51.7 Å². The highest BCUT2D eigenvalue weighted by atomic mass is 32.1. The molecule has 9 heteroatoms. The average molecular weight is 585 g/mol. The molecule has 42 heavy (non-hydrogen) atoms. The number of ether oxygens (including phenoxy) is 3. The molecule has 0 saturated carbocycles. The zero-order valence-corrected chi connectivity index (χ0v) is 24.6. The van der Waals surface area contributed by atoms with Gasteiger partial charge in [-0.15, -0.1) is 0 Å². The maximum atomic E-state index is 13.7. The Hall–Kier alpha value is -4.37. The van der Waals surface area contributed by atoms with Gasteiger partial charge in [-0.1, -0.05) is 43.2 Å². The zero-order valence-electron chi connectivity index (χ0n) is 23.8. The summed E-state index contributed by atoms with van der Waals surface area (Å²) in [6.07, 6.45) is 3.89. The molecule has 1 amide bonds. The molecule has 2 unspecified atom stereocenters. The Bertz CT molecular complexity index is 1690. The Balaban J connectivity index is 1.44. The van der Waals surface area contributed by atoms with Crippen molar-refractivity contribution in [2.75, 3.05) is 18.6 Å². The number of anilines is 1. The molecule has 8 nitrogen and oxygen atoms in total. The first-order valence-electron chi connectivity index (χ1n) is 14.2. The van der Waals surface area contributed by atoms with Crippen molar-refractivity contribution in [3.05, 3.63) is 82.9 Å². The number of fused-ring (bicyclic) bond motifs is 2. The van der Waals surface area contributed by atoms with Gasteiger partial charge in [0.1, 0.15) is 29.1 Å². The molecule has 0 radical (unpaired) electrons. The topological polar surface area (TPSA) is 98.2 Å². The van der Waals surface area contributed by atoms with E-state index >= 15 is 0 Å². The highest BCUT2D eigenvalue weighted by Gasteiger charge is 2.48. The number of benzene rings is 3. The fourth-order valence-corrected chi connectivity index (χ4v) is 6.50. The van der Waals surface area contributed by atoms with Gasteiger partial charge >= 0.3 is 5.91 Å². The molecule has 3 heterocycles. The van der Waals surface area contributed by atoms with Crippen molar-refractivity contribution in [1.82, 2.24) is 4.98 Å². The van der Waals surface area contributed by atoms with Crippen molar-refractivity contribution >= 4 is 44.1 Å². The molecule has 1 saturated heterocycles. The molecule has 2 atom stereocenters.